The van der Waals surface area contributed by atoms with Crippen LogP contribution in [0.3, 0.4) is 0 Å². The number of morpholine rings is 1. The summed E-state index contributed by atoms with van der Waals surface area (Å²) in [6.45, 7) is 3.41. The molecular formula is C11H15N3O4. The van der Waals surface area contributed by atoms with Crippen LogP contribution in [0.5, 0.6) is 5.88 Å². The van der Waals surface area contributed by atoms with Gasteiger partial charge in [-0.3, -0.25) is 0 Å². The molecule has 0 aliphatic carbocycles. The first kappa shape index (κ1) is 12.6. The molecule has 1 N–H and O–H groups in total. The number of ether oxygens (including phenoxy) is 2. The molecule has 2 heterocycles. The number of aromatic nitrogens is 2. The fourth-order valence-corrected chi connectivity index (χ4v) is 1.75. The molecule has 0 bridgehead atoms. The molecule has 1 aliphatic heterocycles. The van der Waals surface area contributed by atoms with Gasteiger partial charge in [-0.25, -0.2) is 9.78 Å². The average molecular weight is 253 g/mol. The highest BCUT2D eigenvalue weighted by Crippen LogP contribution is 2.17. The number of carbonyl (C=O) groups is 1. The minimum atomic E-state index is -0.944. The Hall–Kier alpha value is -1.89. The lowest BCUT2D eigenvalue weighted by molar-refractivity contribution is -0.141. The second-order valence-corrected chi connectivity index (χ2v) is 3.75. The molecule has 1 saturated heterocycles. The van der Waals surface area contributed by atoms with E-state index < -0.39 is 12.0 Å². The average Bonchev–Trinajstić information content (AvgIpc) is 2.39. The van der Waals surface area contributed by atoms with E-state index in [0.717, 1.165) is 0 Å². The van der Waals surface area contributed by atoms with Gasteiger partial charge in [0.1, 0.15) is 0 Å². The van der Waals surface area contributed by atoms with Crippen LogP contribution >= 0.6 is 0 Å². The lowest BCUT2D eigenvalue weighted by Crippen LogP contribution is -2.50. The standard InChI is InChI=1S/C11H15N3O4/c1-2-18-9-3-4-12-11(13-9)14-5-6-17-7-8(14)10(15)16/h3-4,8H,2,5-7H2,1H3,(H,15,16). The van der Waals surface area contributed by atoms with Gasteiger partial charge in [0.2, 0.25) is 11.8 Å². The molecule has 2 rings (SSSR count). The van der Waals surface area contributed by atoms with Gasteiger partial charge >= 0.3 is 5.97 Å². The van der Waals surface area contributed by atoms with Gasteiger partial charge in [0.25, 0.3) is 0 Å². The van der Waals surface area contributed by atoms with Gasteiger partial charge in [-0.15, -0.1) is 0 Å². The Bertz CT molecular complexity index is 427. The van der Waals surface area contributed by atoms with E-state index in [0.29, 0.717) is 31.6 Å². The van der Waals surface area contributed by atoms with E-state index in [1.54, 1.807) is 17.2 Å². The molecule has 1 aromatic heterocycles. The molecule has 1 fully saturated rings. The van der Waals surface area contributed by atoms with Gasteiger partial charge in [-0.1, -0.05) is 0 Å². The molecule has 0 aromatic carbocycles. The number of aliphatic carboxylic acids is 1. The molecule has 0 radical (unpaired) electrons. The Balaban J connectivity index is 2.22. The number of anilines is 1. The molecule has 1 atom stereocenters. The van der Waals surface area contributed by atoms with Gasteiger partial charge in [0, 0.05) is 18.8 Å². The fourth-order valence-electron chi connectivity index (χ4n) is 1.75. The zero-order valence-corrected chi connectivity index (χ0v) is 10.1. The molecule has 7 heteroatoms. The summed E-state index contributed by atoms with van der Waals surface area (Å²) in [5.74, 6) is -0.144. The Kier molecular flexibility index (Phi) is 3.93. The largest absolute Gasteiger partial charge is 0.480 e. The van der Waals surface area contributed by atoms with Crippen molar-refractivity contribution >= 4 is 11.9 Å². The second kappa shape index (κ2) is 5.63. The summed E-state index contributed by atoms with van der Waals surface area (Å²) in [6, 6.07) is 0.888. The van der Waals surface area contributed by atoms with Crippen LogP contribution in [-0.2, 0) is 9.53 Å². The van der Waals surface area contributed by atoms with E-state index in [4.69, 9.17) is 14.6 Å². The molecule has 7 nitrogen and oxygen atoms in total. The molecule has 18 heavy (non-hydrogen) atoms. The topological polar surface area (TPSA) is 84.8 Å². The molecule has 1 unspecified atom stereocenters. The summed E-state index contributed by atoms with van der Waals surface area (Å²) >= 11 is 0. The second-order valence-electron chi connectivity index (χ2n) is 3.75. The summed E-state index contributed by atoms with van der Waals surface area (Å²) in [5.41, 5.74) is 0. The fraction of sp³-hybridized carbons (Fsp3) is 0.545. The maximum atomic E-state index is 11.1. The van der Waals surface area contributed by atoms with E-state index in [1.165, 1.54) is 0 Å². The summed E-state index contributed by atoms with van der Waals surface area (Å²) in [5, 5.41) is 9.13. The summed E-state index contributed by atoms with van der Waals surface area (Å²) < 4.78 is 10.4. The lowest BCUT2D eigenvalue weighted by Gasteiger charge is -2.32. The Morgan fingerprint density at radius 3 is 3.28 bits per heavy atom. The van der Waals surface area contributed by atoms with Crippen molar-refractivity contribution in [2.75, 3.05) is 31.3 Å². The van der Waals surface area contributed by atoms with Crippen molar-refractivity contribution < 1.29 is 19.4 Å². The Morgan fingerprint density at radius 2 is 2.56 bits per heavy atom. The first-order chi connectivity index (χ1) is 8.72. The number of rotatable bonds is 4. The van der Waals surface area contributed by atoms with Crippen LogP contribution in [0, 0.1) is 0 Å². The zero-order chi connectivity index (χ0) is 13.0. The van der Waals surface area contributed by atoms with Gasteiger partial charge in [0.15, 0.2) is 6.04 Å². The number of nitrogens with zero attached hydrogens (tertiary/aromatic N) is 3. The number of carboxylic acids is 1. The lowest BCUT2D eigenvalue weighted by atomic mass is 10.2. The van der Waals surface area contributed by atoms with Crippen molar-refractivity contribution in [2.24, 2.45) is 0 Å². The first-order valence-corrected chi connectivity index (χ1v) is 5.75. The molecule has 1 aromatic rings. The summed E-state index contributed by atoms with van der Waals surface area (Å²) in [7, 11) is 0. The molecule has 0 amide bonds. The van der Waals surface area contributed by atoms with Crippen LogP contribution in [0.4, 0.5) is 5.95 Å². The minimum Gasteiger partial charge on any atom is -0.480 e. The predicted molar refractivity (Wildman–Crippen MR) is 62.8 cm³/mol. The first-order valence-electron chi connectivity index (χ1n) is 5.75. The maximum Gasteiger partial charge on any atom is 0.328 e. The smallest absolute Gasteiger partial charge is 0.328 e. The van der Waals surface area contributed by atoms with Gasteiger partial charge < -0.3 is 19.5 Å². The van der Waals surface area contributed by atoms with Crippen molar-refractivity contribution in [3.63, 3.8) is 0 Å². The SMILES string of the molecule is CCOc1ccnc(N2CCOCC2C(=O)O)n1. The Labute approximate surface area is 104 Å². The normalized spacial score (nSPS) is 19.6. The van der Waals surface area contributed by atoms with Crippen LogP contribution < -0.4 is 9.64 Å². The molecular weight excluding hydrogens is 238 g/mol. The van der Waals surface area contributed by atoms with Crippen LogP contribution in [0.15, 0.2) is 12.3 Å². The van der Waals surface area contributed by atoms with Crippen molar-refractivity contribution in [3.8, 4) is 5.88 Å². The maximum absolute atomic E-state index is 11.1. The van der Waals surface area contributed by atoms with Crippen LogP contribution in [-0.4, -0.2) is 53.5 Å². The Morgan fingerprint density at radius 1 is 1.72 bits per heavy atom. The molecule has 1 aliphatic rings. The van der Waals surface area contributed by atoms with Crippen LogP contribution in [0.2, 0.25) is 0 Å². The van der Waals surface area contributed by atoms with E-state index in [9.17, 15) is 4.79 Å². The summed E-state index contributed by atoms with van der Waals surface area (Å²) in [4.78, 5) is 21.0. The van der Waals surface area contributed by atoms with E-state index in [1.807, 2.05) is 6.92 Å². The number of carboxylic acid groups (broad SMARTS) is 1. The summed E-state index contributed by atoms with van der Waals surface area (Å²) in [6.07, 6.45) is 1.56. The third-order valence-corrected chi connectivity index (χ3v) is 2.58. The van der Waals surface area contributed by atoms with Crippen LogP contribution in [0.1, 0.15) is 6.92 Å². The number of hydrogen-bond donors (Lipinski definition) is 1. The van der Waals surface area contributed by atoms with Crippen LogP contribution in [0.25, 0.3) is 0 Å². The van der Waals surface area contributed by atoms with Gasteiger partial charge in [-0.2, -0.15) is 4.98 Å². The van der Waals surface area contributed by atoms with Crippen molar-refractivity contribution in [3.05, 3.63) is 12.3 Å². The zero-order valence-electron chi connectivity index (χ0n) is 10.1. The highest BCUT2D eigenvalue weighted by atomic mass is 16.5. The van der Waals surface area contributed by atoms with E-state index >= 15 is 0 Å². The number of hydrogen-bond acceptors (Lipinski definition) is 6. The van der Waals surface area contributed by atoms with E-state index in [2.05, 4.69) is 9.97 Å². The van der Waals surface area contributed by atoms with Gasteiger partial charge in [-0.05, 0) is 6.92 Å². The van der Waals surface area contributed by atoms with Crippen molar-refractivity contribution in [1.29, 1.82) is 0 Å². The predicted octanol–water partition coefficient (Wildman–Crippen LogP) is 0.165. The third-order valence-electron chi connectivity index (χ3n) is 2.58. The molecule has 98 valence electrons. The van der Waals surface area contributed by atoms with E-state index in [-0.39, 0.29) is 6.61 Å². The van der Waals surface area contributed by atoms with Crippen molar-refractivity contribution in [1.82, 2.24) is 9.97 Å². The quantitative estimate of drug-likeness (QED) is 0.818. The molecule has 0 saturated carbocycles. The third kappa shape index (κ3) is 2.67. The van der Waals surface area contributed by atoms with Gasteiger partial charge in [0.05, 0.1) is 19.8 Å². The molecule has 0 spiro atoms. The minimum absolute atomic E-state index is 0.136. The highest BCUT2D eigenvalue weighted by molar-refractivity contribution is 5.77. The monoisotopic (exact) mass is 253 g/mol. The highest BCUT2D eigenvalue weighted by Gasteiger charge is 2.31. The van der Waals surface area contributed by atoms with Crippen molar-refractivity contribution in [2.45, 2.75) is 13.0 Å².